The normalized spacial score (nSPS) is 16.5. The Labute approximate surface area is 208 Å². The molecule has 36 heavy (non-hydrogen) atoms. The van der Waals surface area contributed by atoms with Crippen LogP contribution in [0.1, 0.15) is 28.4 Å². The summed E-state index contributed by atoms with van der Waals surface area (Å²) in [4.78, 5) is 38.9. The molecule has 2 aromatic heterocycles. The van der Waals surface area contributed by atoms with Crippen molar-refractivity contribution in [2.45, 2.75) is 26.2 Å². The van der Waals surface area contributed by atoms with Crippen LogP contribution in [0.15, 0.2) is 41.5 Å². The third-order valence-electron chi connectivity index (χ3n) is 5.87. The lowest BCUT2D eigenvalue weighted by Crippen LogP contribution is -2.39. The fourth-order valence-electron chi connectivity index (χ4n) is 3.89. The smallest absolute Gasteiger partial charge is 0.252 e. The van der Waals surface area contributed by atoms with E-state index in [0.29, 0.717) is 15.6 Å². The van der Waals surface area contributed by atoms with Gasteiger partial charge in [0.05, 0.1) is 17.1 Å². The highest BCUT2D eigenvalue weighted by Gasteiger charge is 2.22. The number of carbonyl (C=O) groups is 2. The van der Waals surface area contributed by atoms with Crippen molar-refractivity contribution in [3.63, 3.8) is 0 Å². The number of rotatable bonds is 7. The van der Waals surface area contributed by atoms with Crippen molar-refractivity contribution in [2.75, 3.05) is 6.54 Å². The number of halogens is 4. The van der Waals surface area contributed by atoms with E-state index in [1.807, 2.05) is 0 Å². The molecule has 11 heteroatoms. The van der Waals surface area contributed by atoms with Crippen molar-refractivity contribution in [1.82, 2.24) is 20.2 Å². The van der Waals surface area contributed by atoms with Gasteiger partial charge in [-0.05, 0) is 12.1 Å². The Morgan fingerprint density at radius 3 is 2.56 bits per heavy atom. The van der Waals surface area contributed by atoms with Crippen molar-refractivity contribution in [3.8, 4) is 0 Å². The first kappa shape index (κ1) is 25.3. The van der Waals surface area contributed by atoms with E-state index < -0.39 is 35.2 Å². The number of fused-ring (bicyclic) bond motifs is 1. The van der Waals surface area contributed by atoms with Gasteiger partial charge in [-0.3, -0.25) is 14.4 Å². The van der Waals surface area contributed by atoms with Crippen LogP contribution >= 0.6 is 11.6 Å². The van der Waals surface area contributed by atoms with Crippen LogP contribution in [0, 0.1) is 17.6 Å². The molecule has 0 saturated heterocycles. The molecule has 2 atom stereocenters. The number of aromatic amines is 1. The highest BCUT2D eigenvalue weighted by molar-refractivity contribution is 6.30. The predicted molar refractivity (Wildman–Crippen MR) is 128 cm³/mol. The van der Waals surface area contributed by atoms with Crippen LogP contribution in [0.25, 0.3) is 12.2 Å². The van der Waals surface area contributed by atoms with Crippen LogP contribution in [-0.2, 0) is 17.9 Å². The molecular weight excluding hydrogens is 497 g/mol. The topological polar surface area (TPSA) is 96.0 Å². The van der Waals surface area contributed by atoms with Crippen LogP contribution in [0.5, 0.6) is 0 Å². The molecule has 1 aliphatic carbocycles. The summed E-state index contributed by atoms with van der Waals surface area (Å²) in [7, 11) is 0. The molecule has 0 fully saturated rings. The van der Waals surface area contributed by atoms with Crippen molar-refractivity contribution >= 4 is 35.6 Å². The number of benzene rings is 1. The van der Waals surface area contributed by atoms with Crippen LogP contribution in [0.4, 0.5) is 13.2 Å². The minimum Gasteiger partial charge on any atom is -0.360 e. The lowest BCUT2D eigenvalue weighted by Gasteiger charge is -2.18. The average Bonchev–Trinajstić information content (AvgIpc) is 3.20. The van der Waals surface area contributed by atoms with E-state index in [1.165, 1.54) is 37.4 Å². The second-order valence-electron chi connectivity index (χ2n) is 8.42. The molecule has 0 bridgehead atoms. The maximum Gasteiger partial charge on any atom is 0.252 e. The summed E-state index contributed by atoms with van der Waals surface area (Å²) in [5.74, 6) is -3.88. The zero-order valence-corrected chi connectivity index (χ0v) is 19.8. The van der Waals surface area contributed by atoms with Crippen LogP contribution in [0.3, 0.4) is 0 Å². The summed E-state index contributed by atoms with van der Waals surface area (Å²) >= 11 is 6.09. The van der Waals surface area contributed by atoms with Gasteiger partial charge in [0.2, 0.25) is 5.91 Å². The number of carbonyl (C=O) groups excluding carboxylic acids is 2. The summed E-state index contributed by atoms with van der Waals surface area (Å²) in [6.45, 7) is 0.733. The van der Waals surface area contributed by atoms with E-state index in [4.69, 9.17) is 11.6 Å². The monoisotopic (exact) mass is 518 g/mol. The molecule has 3 N–H and O–H groups in total. The molecule has 0 spiro atoms. The molecule has 2 amide bonds. The zero-order chi connectivity index (χ0) is 26.0. The second-order valence-corrected chi connectivity index (χ2v) is 8.83. The summed E-state index contributed by atoms with van der Waals surface area (Å²) < 4.78 is 44.6. The number of nitrogens with one attached hydrogen (secondary N) is 3. The molecule has 2 heterocycles. The third-order valence-corrected chi connectivity index (χ3v) is 6.18. The SMILES string of the molecule is CC(=O)NCc1ccc(Cn2cc(C(=O)NCC3C=c4c(Cl)c[nH]c4=CC3F)ccc2=O)c(F)c1F. The van der Waals surface area contributed by atoms with Gasteiger partial charge in [-0.2, -0.15) is 0 Å². The molecule has 3 aromatic rings. The summed E-state index contributed by atoms with van der Waals surface area (Å²) in [5.41, 5.74) is -0.580. The molecule has 0 saturated carbocycles. The third kappa shape index (κ3) is 5.38. The van der Waals surface area contributed by atoms with Crippen LogP contribution in [-0.4, -0.2) is 34.1 Å². The fourth-order valence-corrected chi connectivity index (χ4v) is 4.11. The molecular formula is C25H22ClF3N4O3. The Kier molecular flexibility index (Phi) is 7.35. The second kappa shape index (κ2) is 10.4. The number of hydrogen-bond acceptors (Lipinski definition) is 3. The molecule has 1 aliphatic rings. The number of nitrogens with zero attached hydrogens (tertiary/aromatic N) is 1. The molecule has 2 unspecified atom stereocenters. The molecule has 4 rings (SSSR count). The Bertz CT molecular complexity index is 1520. The van der Waals surface area contributed by atoms with Gasteiger partial charge in [0.15, 0.2) is 11.6 Å². The van der Waals surface area contributed by atoms with Gasteiger partial charge in [-0.25, -0.2) is 13.2 Å². The number of pyridine rings is 1. The number of alkyl halides is 1. The van der Waals surface area contributed by atoms with Gasteiger partial charge in [0, 0.05) is 66.1 Å². The van der Waals surface area contributed by atoms with E-state index >= 15 is 0 Å². The number of hydrogen-bond donors (Lipinski definition) is 3. The van der Waals surface area contributed by atoms with E-state index in [-0.39, 0.29) is 42.2 Å². The van der Waals surface area contributed by atoms with Crippen molar-refractivity contribution in [2.24, 2.45) is 5.92 Å². The number of aromatic nitrogens is 2. The van der Waals surface area contributed by atoms with Crippen LogP contribution in [0.2, 0.25) is 5.02 Å². The van der Waals surface area contributed by atoms with Gasteiger partial charge in [0.1, 0.15) is 6.17 Å². The summed E-state index contributed by atoms with van der Waals surface area (Å²) in [6.07, 6.45) is 4.49. The van der Waals surface area contributed by atoms with Gasteiger partial charge >= 0.3 is 0 Å². The van der Waals surface area contributed by atoms with E-state index in [2.05, 4.69) is 15.6 Å². The summed E-state index contributed by atoms with van der Waals surface area (Å²) in [6, 6.07) is 5.06. The largest absolute Gasteiger partial charge is 0.360 e. The van der Waals surface area contributed by atoms with E-state index in [9.17, 15) is 27.6 Å². The first-order chi connectivity index (χ1) is 17.1. The van der Waals surface area contributed by atoms with Gasteiger partial charge in [0.25, 0.3) is 11.5 Å². The highest BCUT2D eigenvalue weighted by Crippen LogP contribution is 2.18. The van der Waals surface area contributed by atoms with Crippen molar-refractivity contribution < 1.29 is 22.8 Å². The zero-order valence-electron chi connectivity index (χ0n) is 19.1. The van der Waals surface area contributed by atoms with Gasteiger partial charge in [-0.1, -0.05) is 29.8 Å². The maximum absolute atomic E-state index is 14.6. The van der Waals surface area contributed by atoms with Gasteiger partial charge < -0.3 is 20.2 Å². The Morgan fingerprint density at radius 1 is 1.08 bits per heavy atom. The van der Waals surface area contributed by atoms with Gasteiger partial charge in [-0.15, -0.1) is 0 Å². The Morgan fingerprint density at radius 2 is 1.81 bits per heavy atom. The van der Waals surface area contributed by atoms with Crippen LogP contribution < -0.4 is 26.8 Å². The number of amides is 2. The Balaban J connectivity index is 1.48. The minimum absolute atomic E-state index is 0.0217. The fraction of sp³-hybridized carbons (Fsp3) is 0.240. The van der Waals surface area contributed by atoms with Crippen molar-refractivity contribution in [1.29, 1.82) is 0 Å². The van der Waals surface area contributed by atoms with Crippen molar-refractivity contribution in [3.05, 3.63) is 90.9 Å². The number of H-pyrrole nitrogens is 1. The quantitative estimate of drug-likeness (QED) is 0.445. The highest BCUT2D eigenvalue weighted by atomic mass is 35.5. The minimum atomic E-state index is -1.34. The van der Waals surface area contributed by atoms with E-state index in [1.54, 1.807) is 12.3 Å². The van der Waals surface area contributed by atoms with E-state index in [0.717, 1.165) is 10.6 Å². The molecule has 0 aliphatic heterocycles. The average molecular weight is 519 g/mol. The molecule has 0 radical (unpaired) electrons. The molecule has 188 valence electrons. The predicted octanol–water partition coefficient (Wildman–Crippen LogP) is 1.75. The lowest BCUT2D eigenvalue weighted by atomic mass is 9.98. The lowest BCUT2D eigenvalue weighted by molar-refractivity contribution is -0.119. The Hall–Kier alpha value is -3.79. The maximum atomic E-state index is 14.6. The standard InChI is InChI=1S/C25H22ClF3N4O3/c1-13(34)30-8-14-2-3-15(24(29)23(14)28)11-33-12-16(4-5-22(33)35)25(36)32-9-17-6-18-19(26)10-31-21(18)7-20(17)27/h2-7,10,12,17,20,31H,8-9,11H2,1H3,(H,30,34)(H,32,36). The summed E-state index contributed by atoms with van der Waals surface area (Å²) in [5, 5.41) is 6.72. The first-order valence-corrected chi connectivity index (χ1v) is 11.4. The molecule has 7 nitrogen and oxygen atoms in total. The first-order valence-electron chi connectivity index (χ1n) is 11.0. The molecule has 1 aromatic carbocycles.